The van der Waals surface area contributed by atoms with Crippen LogP contribution in [-0.2, 0) is 9.59 Å². The van der Waals surface area contributed by atoms with Crippen LogP contribution in [0.25, 0.3) is 0 Å². The van der Waals surface area contributed by atoms with E-state index in [2.05, 4.69) is 20.9 Å². The van der Waals surface area contributed by atoms with Gasteiger partial charge in [0.1, 0.15) is 5.82 Å². The van der Waals surface area contributed by atoms with Crippen molar-refractivity contribution < 1.29 is 9.59 Å². The number of amides is 2. The normalized spacial score (nSPS) is 25.8. The summed E-state index contributed by atoms with van der Waals surface area (Å²) in [6, 6.07) is 5.97. The van der Waals surface area contributed by atoms with E-state index >= 15 is 0 Å². The lowest BCUT2D eigenvalue weighted by molar-refractivity contribution is -0.134. The molecule has 1 unspecified atom stereocenters. The van der Waals surface area contributed by atoms with Gasteiger partial charge in [-0.25, -0.2) is 4.98 Å². The molecule has 3 fully saturated rings. The van der Waals surface area contributed by atoms with E-state index in [4.69, 9.17) is 0 Å². The molecule has 160 valence electrons. The molecular formula is C24H32N4O2. The Bertz CT molecular complexity index is 821. The monoisotopic (exact) mass is 408 g/mol. The van der Waals surface area contributed by atoms with E-state index in [9.17, 15) is 9.59 Å². The van der Waals surface area contributed by atoms with Gasteiger partial charge in [0.05, 0.1) is 0 Å². The molecule has 1 atom stereocenters. The lowest BCUT2D eigenvalue weighted by Crippen LogP contribution is -2.50. The molecule has 4 aliphatic rings. The molecule has 2 aliphatic carbocycles. The Morgan fingerprint density at radius 3 is 2.43 bits per heavy atom. The second kappa shape index (κ2) is 8.05. The van der Waals surface area contributed by atoms with Crippen molar-refractivity contribution >= 4 is 17.6 Å². The number of carbonyl (C=O) groups excluding carboxylic acids is 2. The molecule has 0 bridgehead atoms. The van der Waals surface area contributed by atoms with Gasteiger partial charge in [0.25, 0.3) is 0 Å². The number of hydrogen-bond donors (Lipinski definition) is 0. The molecule has 30 heavy (non-hydrogen) atoms. The number of pyridine rings is 1. The third-order valence-electron chi connectivity index (χ3n) is 7.66. The first-order valence-corrected chi connectivity index (χ1v) is 11.6. The highest BCUT2D eigenvalue weighted by Gasteiger charge is 2.59. The number of nitrogens with zero attached hydrogens (tertiary/aromatic N) is 4. The fraction of sp³-hybridized carbons (Fsp3) is 0.625. The van der Waals surface area contributed by atoms with E-state index in [1.165, 1.54) is 6.42 Å². The van der Waals surface area contributed by atoms with Gasteiger partial charge in [-0.1, -0.05) is 12.1 Å². The van der Waals surface area contributed by atoms with E-state index < -0.39 is 0 Å². The maximum Gasteiger partial charge on any atom is 0.249 e. The van der Waals surface area contributed by atoms with Crippen molar-refractivity contribution in [3.8, 4) is 0 Å². The average molecular weight is 409 g/mol. The van der Waals surface area contributed by atoms with E-state index in [0.717, 1.165) is 89.2 Å². The van der Waals surface area contributed by atoms with Crippen LogP contribution in [-0.4, -0.2) is 65.9 Å². The van der Waals surface area contributed by atoms with E-state index in [-0.39, 0.29) is 17.2 Å². The molecule has 1 spiro atoms. The fourth-order valence-electron chi connectivity index (χ4n) is 5.56. The first-order valence-electron chi connectivity index (χ1n) is 11.6. The summed E-state index contributed by atoms with van der Waals surface area (Å²) in [4.78, 5) is 36.7. The molecule has 2 saturated heterocycles. The van der Waals surface area contributed by atoms with Gasteiger partial charge in [-0.05, 0) is 62.5 Å². The molecule has 1 aromatic heterocycles. The summed E-state index contributed by atoms with van der Waals surface area (Å²) >= 11 is 0. The van der Waals surface area contributed by atoms with E-state index in [1.54, 1.807) is 0 Å². The Balaban J connectivity index is 1.12. The highest BCUT2D eigenvalue weighted by atomic mass is 16.2. The number of anilines is 1. The van der Waals surface area contributed by atoms with Crippen LogP contribution >= 0.6 is 0 Å². The number of hydrogen-bond acceptors (Lipinski definition) is 4. The number of allylic oxidation sites excluding steroid dienone is 1. The molecule has 1 saturated carbocycles. The minimum Gasteiger partial charge on any atom is -0.353 e. The predicted molar refractivity (Wildman–Crippen MR) is 116 cm³/mol. The Hall–Kier alpha value is -2.37. The predicted octanol–water partition coefficient (Wildman–Crippen LogP) is 2.86. The summed E-state index contributed by atoms with van der Waals surface area (Å²) < 4.78 is 0. The summed E-state index contributed by atoms with van der Waals surface area (Å²) in [7, 11) is 0. The average Bonchev–Trinajstić information content (AvgIpc) is 3.53. The van der Waals surface area contributed by atoms with Gasteiger partial charge < -0.3 is 14.7 Å². The van der Waals surface area contributed by atoms with Crippen LogP contribution in [0.2, 0.25) is 0 Å². The molecule has 0 aromatic carbocycles. The molecule has 0 radical (unpaired) electrons. The Kier molecular flexibility index (Phi) is 5.25. The van der Waals surface area contributed by atoms with Crippen LogP contribution in [0.4, 0.5) is 5.82 Å². The van der Waals surface area contributed by atoms with E-state index in [1.807, 2.05) is 29.3 Å². The molecule has 1 aromatic rings. The first-order chi connectivity index (χ1) is 14.7. The largest absolute Gasteiger partial charge is 0.353 e. The van der Waals surface area contributed by atoms with Crippen LogP contribution in [0.5, 0.6) is 0 Å². The van der Waals surface area contributed by atoms with Gasteiger partial charge >= 0.3 is 0 Å². The maximum atomic E-state index is 13.1. The summed E-state index contributed by atoms with van der Waals surface area (Å²) in [5.74, 6) is 1.76. The smallest absolute Gasteiger partial charge is 0.249 e. The minimum atomic E-state index is 0.160. The van der Waals surface area contributed by atoms with Crippen molar-refractivity contribution in [2.75, 3.05) is 44.2 Å². The topological polar surface area (TPSA) is 56.8 Å². The second-order valence-electron chi connectivity index (χ2n) is 9.39. The SMILES string of the molecule is O=C(C1=CCCCC1)N1CCC2(CC1)CC2C(=O)N1CCN(c2ccccn2)CC1. The lowest BCUT2D eigenvalue weighted by Gasteiger charge is -2.37. The minimum absolute atomic E-state index is 0.160. The number of rotatable bonds is 3. The number of piperidine rings is 1. The number of piperazine rings is 1. The van der Waals surface area contributed by atoms with Crippen molar-refractivity contribution in [2.45, 2.75) is 44.9 Å². The number of carbonyl (C=O) groups is 2. The van der Waals surface area contributed by atoms with Gasteiger partial charge in [0.15, 0.2) is 0 Å². The maximum absolute atomic E-state index is 13.1. The van der Waals surface area contributed by atoms with Gasteiger partial charge in [0.2, 0.25) is 11.8 Å². The standard InChI is InChI=1S/C24H32N4O2/c29-22(19-6-2-1-3-7-19)27-12-9-24(10-13-27)18-20(24)23(30)28-16-14-26(15-17-28)21-8-4-5-11-25-21/h4-6,8,11,20H,1-3,7,9-10,12-18H2. The summed E-state index contributed by atoms with van der Waals surface area (Å²) in [5.41, 5.74) is 1.18. The molecule has 0 N–H and O–H groups in total. The zero-order valence-corrected chi connectivity index (χ0v) is 17.8. The zero-order valence-electron chi connectivity index (χ0n) is 17.8. The van der Waals surface area contributed by atoms with Gasteiger partial charge in [-0.15, -0.1) is 0 Å². The first kappa shape index (κ1) is 19.6. The summed E-state index contributed by atoms with van der Waals surface area (Å²) in [5, 5.41) is 0. The van der Waals surface area contributed by atoms with E-state index in [0.29, 0.717) is 5.91 Å². The van der Waals surface area contributed by atoms with Gasteiger partial charge in [0, 0.05) is 57.0 Å². The molecule has 3 heterocycles. The molecule has 6 heteroatoms. The quantitative estimate of drug-likeness (QED) is 0.772. The van der Waals surface area contributed by atoms with Crippen molar-refractivity contribution in [1.29, 1.82) is 0 Å². The molecule has 6 nitrogen and oxygen atoms in total. The van der Waals surface area contributed by atoms with Crippen LogP contribution in [0, 0.1) is 11.3 Å². The van der Waals surface area contributed by atoms with Crippen molar-refractivity contribution in [1.82, 2.24) is 14.8 Å². The van der Waals surface area contributed by atoms with Crippen molar-refractivity contribution in [3.63, 3.8) is 0 Å². The third kappa shape index (κ3) is 3.72. The van der Waals surface area contributed by atoms with Crippen LogP contribution in [0.1, 0.15) is 44.9 Å². The highest BCUT2D eigenvalue weighted by molar-refractivity contribution is 5.93. The van der Waals surface area contributed by atoms with Crippen LogP contribution in [0.15, 0.2) is 36.0 Å². The Morgan fingerprint density at radius 2 is 1.77 bits per heavy atom. The number of likely N-dealkylation sites (tertiary alicyclic amines) is 1. The number of aromatic nitrogens is 1. The molecule has 2 aliphatic heterocycles. The molecule has 5 rings (SSSR count). The lowest BCUT2D eigenvalue weighted by atomic mass is 9.89. The summed E-state index contributed by atoms with van der Waals surface area (Å²) in [6.07, 6.45) is 11.3. The van der Waals surface area contributed by atoms with Crippen LogP contribution in [0.3, 0.4) is 0 Å². The van der Waals surface area contributed by atoms with Crippen molar-refractivity contribution in [2.24, 2.45) is 11.3 Å². The Morgan fingerprint density at radius 1 is 0.967 bits per heavy atom. The fourth-order valence-corrected chi connectivity index (χ4v) is 5.56. The van der Waals surface area contributed by atoms with Gasteiger partial charge in [-0.2, -0.15) is 0 Å². The third-order valence-corrected chi connectivity index (χ3v) is 7.66. The summed E-state index contributed by atoms with van der Waals surface area (Å²) in [6.45, 7) is 4.88. The van der Waals surface area contributed by atoms with Gasteiger partial charge in [-0.3, -0.25) is 9.59 Å². The van der Waals surface area contributed by atoms with Crippen molar-refractivity contribution in [3.05, 3.63) is 36.0 Å². The Labute approximate surface area is 178 Å². The molecule has 2 amide bonds. The molecular weight excluding hydrogens is 376 g/mol. The zero-order chi connectivity index (χ0) is 20.6. The van der Waals surface area contributed by atoms with Crippen LogP contribution < -0.4 is 4.90 Å². The second-order valence-corrected chi connectivity index (χ2v) is 9.39. The highest BCUT2D eigenvalue weighted by Crippen LogP contribution is 2.60.